The van der Waals surface area contributed by atoms with E-state index in [0.29, 0.717) is 22.7 Å². The highest BCUT2D eigenvalue weighted by Gasteiger charge is 2.16. The van der Waals surface area contributed by atoms with Gasteiger partial charge in [0.2, 0.25) is 0 Å². The quantitative estimate of drug-likeness (QED) is 0.721. The number of halogens is 1. The third-order valence-electron chi connectivity index (χ3n) is 3.65. The number of nitrogens with two attached hydrogens (primary N) is 1. The molecule has 2 heterocycles. The lowest BCUT2D eigenvalue weighted by atomic mass is 9.99. The second-order valence-corrected chi connectivity index (χ2v) is 5.28. The van der Waals surface area contributed by atoms with Crippen molar-refractivity contribution in [3.05, 3.63) is 59.8 Å². The van der Waals surface area contributed by atoms with Gasteiger partial charge in [-0.2, -0.15) is 5.10 Å². The van der Waals surface area contributed by atoms with E-state index in [1.165, 1.54) is 31.5 Å². The minimum absolute atomic E-state index is 0. The predicted molar refractivity (Wildman–Crippen MR) is 91.8 cm³/mol. The van der Waals surface area contributed by atoms with Crippen molar-refractivity contribution in [2.24, 2.45) is 7.05 Å². The maximum Gasteiger partial charge on any atom is 0.132 e. The number of anilines is 1. The molecule has 0 amide bonds. The van der Waals surface area contributed by atoms with Crippen LogP contribution in [0.25, 0.3) is 11.3 Å². The molecule has 2 aromatic heterocycles. The van der Waals surface area contributed by atoms with Crippen molar-refractivity contribution in [1.29, 1.82) is 5.41 Å². The predicted octanol–water partition coefficient (Wildman–Crippen LogP) is 2.87. The molecule has 1 aromatic carbocycles. The fraction of sp³-hybridized carbons (Fsp3) is 0.118. The van der Waals surface area contributed by atoms with Crippen molar-refractivity contribution in [2.45, 2.75) is 0 Å². The van der Waals surface area contributed by atoms with E-state index in [2.05, 4.69) is 10.1 Å². The fourth-order valence-corrected chi connectivity index (χ4v) is 2.36. The van der Waals surface area contributed by atoms with E-state index in [1.807, 2.05) is 0 Å². The highest BCUT2D eigenvalue weighted by molar-refractivity contribution is 6.14. The van der Waals surface area contributed by atoms with Gasteiger partial charge in [-0.15, -0.1) is 0 Å². The summed E-state index contributed by atoms with van der Waals surface area (Å²) in [5.41, 5.74) is 8.14. The Morgan fingerprint density at radius 2 is 2.08 bits per heavy atom. The SMILES string of the molecule is COc1ccc(F)c(C(=N)c2cc(-c3cnn(C)c3)ncc2N)c1.[HH]. The molecule has 0 unspecified atom stereocenters. The largest absolute Gasteiger partial charge is 0.497 e. The van der Waals surface area contributed by atoms with Crippen LogP contribution >= 0.6 is 0 Å². The number of hydrogen-bond donors (Lipinski definition) is 2. The molecule has 0 aliphatic heterocycles. The molecule has 0 aliphatic carbocycles. The third-order valence-corrected chi connectivity index (χ3v) is 3.65. The summed E-state index contributed by atoms with van der Waals surface area (Å²) in [6.07, 6.45) is 4.93. The topological polar surface area (TPSA) is 89.8 Å². The van der Waals surface area contributed by atoms with E-state index in [4.69, 9.17) is 15.9 Å². The summed E-state index contributed by atoms with van der Waals surface area (Å²) in [5, 5.41) is 12.5. The summed E-state index contributed by atoms with van der Waals surface area (Å²) in [5.74, 6) is -0.0452. The van der Waals surface area contributed by atoms with Crippen LogP contribution in [-0.4, -0.2) is 27.6 Å². The number of nitrogens with zero attached hydrogens (tertiary/aromatic N) is 3. The number of methoxy groups -OCH3 is 1. The van der Waals surface area contributed by atoms with Crippen LogP contribution in [0.5, 0.6) is 5.75 Å². The number of benzene rings is 1. The first-order valence-corrected chi connectivity index (χ1v) is 7.17. The van der Waals surface area contributed by atoms with Crippen molar-refractivity contribution in [3.8, 4) is 17.0 Å². The Labute approximate surface area is 139 Å². The first-order valence-electron chi connectivity index (χ1n) is 7.17. The van der Waals surface area contributed by atoms with Crippen LogP contribution in [0, 0.1) is 11.2 Å². The molecule has 3 aromatic rings. The first kappa shape index (κ1) is 15.7. The standard InChI is InChI=1S/C17H16FN5O.H2/c1-23-9-10(7-22-23)16-6-13(15(19)8-21-16)17(20)12-5-11(24-2)3-4-14(12)18;/h3-9,20H,19H2,1-2H3;1H. The van der Waals surface area contributed by atoms with Crippen LogP contribution in [0.1, 0.15) is 12.6 Å². The minimum atomic E-state index is -0.514. The average molecular weight is 327 g/mol. The lowest BCUT2D eigenvalue weighted by Gasteiger charge is -2.11. The molecule has 0 bridgehead atoms. The number of nitrogen functional groups attached to an aromatic ring is 1. The summed E-state index contributed by atoms with van der Waals surface area (Å²) in [6.45, 7) is 0. The molecule has 24 heavy (non-hydrogen) atoms. The van der Waals surface area contributed by atoms with Crippen LogP contribution in [0.2, 0.25) is 0 Å². The number of hydrogen-bond acceptors (Lipinski definition) is 5. The molecule has 0 aliphatic rings. The van der Waals surface area contributed by atoms with E-state index in [1.54, 1.807) is 30.2 Å². The number of aryl methyl sites for hydroxylation is 1. The number of nitrogens with one attached hydrogen (secondary N) is 1. The Hall–Kier alpha value is -3.22. The summed E-state index contributed by atoms with van der Waals surface area (Å²) in [6, 6.07) is 5.90. The van der Waals surface area contributed by atoms with Gasteiger partial charge in [0.1, 0.15) is 11.6 Å². The van der Waals surface area contributed by atoms with Crippen molar-refractivity contribution in [3.63, 3.8) is 0 Å². The molecule has 3 N–H and O–H groups in total. The maximum atomic E-state index is 14.1. The molecule has 0 fully saturated rings. The van der Waals surface area contributed by atoms with Gasteiger partial charge in [-0.1, -0.05) is 0 Å². The second-order valence-electron chi connectivity index (χ2n) is 5.28. The number of aromatic nitrogens is 3. The third kappa shape index (κ3) is 2.83. The van der Waals surface area contributed by atoms with Gasteiger partial charge in [0.15, 0.2) is 0 Å². The van der Waals surface area contributed by atoms with Crippen molar-refractivity contribution < 1.29 is 10.6 Å². The van der Waals surface area contributed by atoms with E-state index in [-0.39, 0.29) is 12.7 Å². The van der Waals surface area contributed by atoms with Crippen LogP contribution in [0.3, 0.4) is 0 Å². The zero-order chi connectivity index (χ0) is 17.3. The zero-order valence-corrected chi connectivity index (χ0v) is 13.2. The highest BCUT2D eigenvalue weighted by atomic mass is 19.1. The van der Waals surface area contributed by atoms with E-state index < -0.39 is 5.82 Å². The Balaban J connectivity index is 0.00000225. The molecule has 0 spiro atoms. The number of pyridine rings is 1. The van der Waals surface area contributed by atoms with Crippen LogP contribution < -0.4 is 10.5 Å². The monoisotopic (exact) mass is 327 g/mol. The Bertz CT molecular complexity index is 925. The van der Waals surface area contributed by atoms with Crippen molar-refractivity contribution in [1.82, 2.24) is 14.8 Å². The summed E-state index contributed by atoms with van der Waals surface area (Å²) < 4.78 is 20.9. The highest BCUT2D eigenvalue weighted by Crippen LogP contribution is 2.25. The van der Waals surface area contributed by atoms with Crippen LogP contribution in [-0.2, 0) is 7.05 Å². The molecule has 0 atom stereocenters. The van der Waals surface area contributed by atoms with Gasteiger partial charge < -0.3 is 10.5 Å². The molecule has 3 rings (SSSR count). The van der Waals surface area contributed by atoms with Gasteiger partial charge in [-0.3, -0.25) is 15.1 Å². The van der Waals surface area contributed by atoms with Gasteiger partial charge in [-0.05, 0) is 24.3 Å². The van der Waals surface area contributed by atoms with Gasteiger partial charge >= 0.3 is 0 Å². The Morgan fingerprint density at radius 3 is 2.75 bits per heavy atom. The maximum absolute atomic E-state index is 14.1. The molecule has 7 heteroatoms. The minimum Gasteiger partial charge on any atom is -0.497 e. The normalized spacial score (nSPS) is 10.6. The number of rotatable bonds is 4. The van der Waals surface area contributed by atoms with Gasteiger partial charge in [0.25, 0.3) is 0 Å². The van der Waals surface area contributed by atoms with E-state index in [0.717, 1.165) is 5.56 Å². The van der Waals surface area contributed by atoms with E-state index >= 15 is 0 Å². The average Bonchev–Trinajstić information content (AvgIpc) is 3.01. The molecule has 0 radical (unpaired) electrons. The molecule has 6 nitrogen and oxygen atoms in total. The smallest absolute Gasteiger partial charge is 0.132 e. The van der Waals surface area contributed by atoms with Crippen molar-refractivity contribution in [2.75, 3.05) is 12.8 Å². The Morgan fingerprint density at radius 1 is 1.29 bits per heavy atom. The summed E-state index contributed by atoms with van der Waals surface area (Å²) in [4.78, 5) is 4.26. The molecule has 0 saturated heterocycles. The van der Waals surface area contributed by atoms with Crippen molar-refractivity contribution >= 4 is 11.4 Å². The van der Waals surface area contributed by atoms with Crippen LogP contribution in [0.4, 0.5) is 10.1 Å². The zero-order valence-electron chi connectivity index (χ0n) is 13.2. The Kier molecular flexibility index (Phi) is 3.99. The summed E-state index contributed by atoms with van der Waals surface area (Å²) >= 11 is 0. The second kappa shape index (κ2) is 6.11. The number of ether oxygens (including phenoxy) is 1. The van der Waals surface area contributed by atoms with E-state index in [9.17, 15) is 4.39 Å². The molecular weight excluding hydrogens is 309 g/mol. The van der Waals surface area contributed by atoms with Gasteiger partial charge in [0, 0.05) is 31.4 Å². The van der Waals surface area contributed by atoms with Gasteiger partial charge in [-0.25, -0.2) is 4.39 Å². The lowest BCUT2D eigenvalue weighted by Crippen LogP contribution is -2.09. The van der Waals surface area contributed by atoms with Gasteiger partial charge in [0.05, 0.1) is 36.6 Å². The molecular formula is C17H18FN5O. The van der Waals surface area contributed by atoms with Crippen LogP contribution in [0.15, 0.2) is 42.9 Å². The lowest BCUT2D eigenvalue weighted by molar-refractivity contribution is 0.413. The summed E-state index contributed by atoms with van der Waals surface area (Å²) in [7, 11) is 3.29. The molecule has 0 saturated carbocycles. The molecule has 124 valence electrons. The fourth-order valence-electron chi connectivity index (χ4n) is 2.36. The first-order chi connectivity index (χ1) is 11.5.